The summed E-state index contributed by atoms with van der Waals surface area (Å²) < 4.78 is 30.9. The molecular weight excluding hydrogens is 1200 g/mol. The van der Waals surface area contributed by atoms with E-state index in [0.717, 1.165) is 63.5 Å². The summed E-state index contributed by atoms with van der Waals surface area (Å²) in [5.41, 5.74) is 8.87. The summed E-state index contributed by atoms with van der Waals surface area (Å²) in [5.74, 6) is 5.64. The van der Waals surface area contributed by atoms with Gasteiger partial charge in [-0.15, -0.1) is 0 Å². The van der Waals surface area contributed by atoms with Crippen LogP contribution in [0.3, 0.4) is 0 Å². The van der Waals surface area contributed by atoms with Gasteiger partial charge in [0.15, 0.2) is 0 Å². The van der Waals surface area contributed by atoms with E-state index in [4.69, 9.17) is 20.2 Å². The Hall–Kier alpha value is -11.2. The van der Waals surface area contributed by atoms with Gasteiger partial charge in [0.05, 0.1) is 28.7 Å². The van der Waals surface area contributed by atoms with E-state index in [9.17, 15) is 28.0 Å². The van der Waals surface area contributed by atoms with Gasteiger partial charge in [-0.3, -0.25) is 19.2 Å². The Balaban J connectivity index is 0.000000154. The van der Waals surface area contributed by atoms with E-state index in [1.807, 2.05) is 117 Å². The summed E-state index contributed by atoms with van der Waals surface area (Å²) in [7, 11) is 0. The summed E-state index contributed by atoms with van der Waals surface area (Å²) >= 11 is 0. The lowest BCUT2D eigenvalue weighted by molar-refractivity contribution is -0.129. The van der Waals surface area contributed by atoms with Crippen molar-refractivity contribution in [2.45, 2.75) is 68.7 Å². The maximum absolute atomic E-state index is 12.9. The number of alkyl halides is 2. The molecule has 28 heteroatoms. The molecule has 3 aliphatic heterocycles. The summed E-state index contributed by atoms with van der Waals surface area (Å²) in [4.78, 5) is 86.0. The molecular formula is C66H74F2N22O4. The fraction of sp³-hybridized carbons (Fsp3) is 0.333. The number of carbonyl (C=O) groups is 4. The molecule has 0 atom stereocenters. The number of hydrogen-bond donors (Lipinski definition) is 3. The molecule has 3 saturated heterocycles. The lowest BCUT2D eigenvalue weighted by Gasteiger charge is -2.35. The first kappa shape index (κ1) is 65.7. The summed E-state index contributed by atoms with van der Waals surface area (Å²) in [6, 6.07) is 34.0. The topological polar surface area (TPSA) is 278 Å². The van der Waals surface area contributed by atoms with E-state index >= 15 is 0 Å². The van der Waals surface area contributed by atoms with Gasteiger partial charge >= 0.3 is 0 Å². The zero-order valence-electron chi connectivity index (χ0n) is 53.9. The molecule has 0 unspecified atom stereocenters. The Bertz CT molecular complexity index is 4200. The molecule has 9 aromatic rings. The molecule has 0 radical (unpaired) electrons. The maximum Gasteiger partial charge on any atom is 0.263 e. The quantitative estimate of drug-likeness (QED) is 0.0858. The van der Waals surface area contributed by atoms with Crippen LogP contribution in [-0.2, 0) is 14.4 Å². The van der Waals surface area contributed by atoms with Crippen LogP contribution >= 0.6 is 0 Å². The molecule has 486 valence electrons. The van der Waals surface area contributed by atoms with Gasteiger partial charge in [0, 0.05) is 163 Å². The van der Waals surface area contributed by atoms with Gasteiger partial charge in [-0.1, -0.05) is 12.1 Å². The Morgan fingerprint density at radius 2 is 0.745 bits per heavy atom. The first-order valence-corrected chi connectivity index (χ1v) is 30.7. The van der Waals surface area contributed by atoms with Crippen molar-refractivity contribution < 1.29 is 28.0 Å². The van der Waals surface area contributed by atoms with E-state index in [0.29, 0.717) is 136 Å². The van der Waals surface area contributed by atoms with Crippen molar-refractivity contribution in [3.05, 3.63) is 160 Å². The van der Waals surface area contributed by atoms with Gasteiger partial charge in [0.1, 0.15) is 41.2 Å². The van der Waals surface area contributed by atoms with E-state index < -0.39 is 6.43 Å². The Morgan fingerprint density at radius 3 is 1.00 bits per heavy atom. The van der Waals surface area contributed by atoms with Crippen LogP contribution < -0.4 is 30.7 Å². The van der Waals surface area contributed by atoms with Crippen LogP contribution in [0.5, 0.6) is 0 Å². The summed E-state index contributed by atoms with van der Waals surface area (Å²) in [6.45, 7) is 24.3. The zero-order chi connectivity index (χ0) is 66.7. The zero-order valence-corrected chi connectivity index (χ0v) is 53.9. The van der Waals surface area contributed by atoms with Crippen LogP contribution in [-0.4, -0.2) is 176 Å². The second-order valence-corrected chi connectivity index (χ2v) is 23.0. The minimum Gasteiger partial charge on any atom is -0.353 e. The molecule has 94 heavy (non-hydrogen) atoms. The molecule has 6 aromatic heterocycles. The molecule has 3 N–H and O–H groups in total. The molecule has 3 aliphatic rings. The predicted octanol–water partition coefficient (Wildman–Crippen LogP) is 8.70. The molecule has 3 aromatic carbocycles. The molecule has 0 saturated carbocycles. The fourth-order valence-electron chi connectivity index (χ4n) is 10.9. The Labute approximate surface area is 542 Å². The number of nitrogens with one attached hydrogen (secondary N) is 3. The second kappa shape index (κ2) is 29.4. The number of hydrogen-bond acceptors (Lipinski definition) is 20. The van der Waals surface area contributed by atoms with Crippen molar-refractivity contribution >= 4 is 76.0 Å². The minimum absolute atomic E-state index is 0.0365. The lowest BCUT2D eigenvalue weighted by Crippen LogP contribution is -2.48. The van der Waals surface area contributed by atoms with Crippen molar-refractivity contribution in [1.82, 2.24) is 73.9 Å². The number of nitriles is 1. The molecule has 0 aliphatic carbocycles. The Kier molecular flexibility index (Phi) is 20.5. The van der Waals surface area contributed by atoms with Gasteiger partial charge in [0.2, 0.25) is 17.7 Å². The number of nitrogens with zero attached hydrogens (tertiary/aromatic N) is 19. The number of anilines is 9. The third-order valence-electron chi connectivity index (χ3n) is 15.9. The number of carbonyl (C=O) groups excluding carboxylic acids is 4. The average molecular weight is 1280 g/mol. The third kappa shape index (κ3) is 16.4. The lowest BCUT2D eigenvalue weighted by atomic mass is 10.2. The minimum atomic E-state index is -2.51. The monoisotopic (exact) mass is 1280 g/mol. The number of rotatable bonds is 14. The van der Waals surface area contributed by atoms with Crippen molar-refractivity contribution in [3.63, 3.8) is 0 Å². The highest BCUT2D eigenvalue weighted by Gasteiger charge is 2.26. The first-order valence-electron chi connectivity index (χ1n) is 30.7. The Morgan fingerprint density at radius 1 is 0.447 bits per heavy atom. The number of aryl methyl sites for hydroxylation is 6. The van der Waals surface area contributed by atoms with E-state index in [2.05, 4.69) is 67.0 Å². The molecule has 0 spiro atoms. The van der Waals surface area contributed by atoms with Crippen LogP contribution in [0.25, 0.3) is 17.8 Å². The van der Waals surface area contributed by atoms with Crippen LogP contribution in [0.2, 0.25) is 0 Å². The predicted molar refractivity (Wildman–Crippen MR) is 354 cm³/mol. The molecule has 26 nitrogen and oxygen atoms in total. The highest BCUT2D eigenvalue weighted by molar-refractivity contribution is 5.77. The van der Waals surface area contributed by atoms with Gasteiger partial charge in [-0.05, 0) is 120 Å². The number of benzene rings is 3. The van der Waals surface area contributed by atoms with Crippen LogP contribution in [0.1, 0.15) is 82.8 Å². The van der Waals surface area contributed by atoms with Gasteiger partial charge in [0.25, 0.3) is 24.3 Å². The molecule has 12 rings (SSSR count). The van der Waals surface area contributed by atoms with Gasteiger partial charge in [-0.25, -0.2) is 22.8 Å². The van der Waals surface area contributed by atoms with Crippen molar-refractivity contribution in [1.29, 1.82) is 5.26 Å². The number of aromatic nitrogens is 12. The van der Waals surface area contributed by atoms with E-state index in [1.54, 1.807) is 71.2 Å². The van der Waals surface area contributed by atoms with Crippen molar-refractivity contribution in [3.8, 4) is 23.9 Å². The molecule has 9 heterocycles. The van der Waals surface area contributed by atoms with E-state index in [1.165, 1.54) is 12.1 Å². The van der Waals surface area contributed by atoms with Gasteiger partial charge < -0.3 is 45.3 Å². The number of amides is 3. The number of aldehydes is 1. The largest absolute Gasteiger partial charge is 0.353 e. The van der Waals surface area contributed by atoms with Crippen LogP contribution in [0, 0.1) is 52.9 Å². The molecule has 3 fully saturated rings. The summed E-state index contributed by atoms with van der Waals surface area (Å²) in [5, 5.41) is 32.3. The first-order chi connectivity index (χ1) is 45.1. The summed E-state index contributed by atoms with van der Waals surface area (Å²) in [6.07, 6.45) is -1.70. The van der Waals surface area contributed by atoms with Crippen molar-refractivity contribution in [2.75, 3.05) is 109 Å². The van der Waals surface area contributed by atoms with Crippen LogP contribution in [0.4, 0.5) is 60.8 Å². The fourth-order valence-corrected chi connectivity index (χ4v) is 10.9. The third-order valence-corrected chi connectivity index (χ3v) is 15.9. The highest BCUT2D eigenvalue weighted by Crippen LogP contribution is 2.29. The second-order valence-electron chi connectivity index (χ2n) is 23.0. The smallest absolute Gasteiger partial charge is 0.263 e. The standard InChI is InChI=1S/C22H25F2N7O.C22H24N8O.C22H25N7O2/c1-14-12-15(2)31(28-14)22-26-19(25-18-6-4-17(5-7-18)21(23)24)13-20(27-22)30-10-8-29(9-11-30)16(3)32;1-15-12-16(2)30(27-15)22-25-20(24-19-6-4-18(14-23)5-7-19)13-21(26-22)29-10-8-28(9-11-29)17(3)31;1-15-12-16(2)29(26-15)22-24-20(23-19-6-4-18(14-30)5-7-19)13-21(25-22)28-10-8-27(9-11-28)17(3)31/h4-7,12-13,21H,8-11H2,1-3H3,(H,25,26,27);4-7,12-13H,8-11H2,1-3H3,(H,24,25,26);4-7,12-14H,8-11H2,1-3H3,(H,23,24,25). The van der Waals surface area contributed by atoms with Crippen molar-refractivity contribution in [2.24, 2.45) is 0 Å². The SMILES string of the molecule is CC(=O)N1CCN(c2cc(Nc3ccc(C#N)cc3)nc(-n3nc(C)cc3C)n2)CC1.CC(=O)N1CCN(c2cc(Nc3ccc(C(F)F)cc3)nc(-n3nc(C)cc3C)n2)CC1.CC(=O)N1CCN(c2cc(Nc3ccc(C=O)cc3)nc(-n3nc(C)cc3C)n2)CC1. The average Bonchev–Trinajstić information content (AvgIpc) is 1.37. The van der Waals surface area contributed by atoms with Gasteiger partial charge in [-0.2, -0.15) is 50.5 Å². The number of halogens is 2. The van der Waals surface area contributed by atoms with Crippen LogP contribution in [0.15, 0.2) is 109 Å². The van der Waals surface area contributed by atoms with E-state index in [-0.39, 0.29) is 23.3 Å². The normalized spacial score (nSPS) is 13.9. The number of piperazine rings is 3. The molecule has 0 bridgehead atoms. The maximum atomic E-state index is 12.9. The highest BCUT2D eigenvalue weighted by atomic mass is 19.3. The molecule has 3 amide bonds.